The number of fused-ring (bicyclic) bond motifs is 1. The number of nitrogens with one attached hydrogen (secondary N) is 1. The highest BCUT2D eigenvalue weighted by Crippen LogP contribution is 2.21. The summed E-state index contributed by atoms with van der Waals surface area (Å²) in [5.41, 5.74) is 4.22. The molecule has 0 aliphatic rings. The second-order valence-corrected chi connectivity index (χ2v) is 7.81. The summed E-state index contributed by atoms with van der Waals surface area (Å²) < 4.78 is 14.7. The van der Waals surface area contributed by atoms with Crippen molar-refractivity contribution in [2.24, 2.45) is 5.92 Å². The second-order valence-electron chi connectivity index (χ2n) is 6.49. The van der Waals surface area contributed by atoms with E-state index in [0.29, 0.717) is 11.7 Å². The molecule has 0 aliphatic carbocycles. The van der Waals surface area contributed by atoms with Crippen molar-refractivity contribution in [2.75, 3.05) is 18.5 Å². The minimum absolute atomic E-state index is 0.491. The van der Waals surface area contributed by atoms with Crippen LogP contribution in [0.2, 0.25) is 0 Å². The predicted octanol–water partition coefficient (Wildman–Crippen LogP) is 3.26. The number of rotatable bonds is 6. The van der Waals surface area contributed by atoms with E-state index < -0.39 is 11.0 Å². The highest BCUT2D eigenvalue weighted by molar-refractivity contribution is 7.77. The lowest BCUT2D eigenvalue weighted by molar-refractivity contribution is -0.473. The van der Waals surface area contributed by atoms with Gasteiger partial charge in [0.15, 0.2) is 11.0 Å². The maximum atomic E-state index is 12.9. The molecule has 0 amide bonds. The summed E-state index contributed by atoms with van der Waals surface area (Å²) in [4.78, 5) is 5.42. The van der Waals surface area contributed by atoms with Crippen LogP contribution in [-0.2, 0) is 16.7 Å². The van der Waals surface area contributed by atoms with Crippen molar-refractivity contribution in [3.8, 4) is 0 Å². The fourth-order valence-electron chi connectivity index (χ4n) is 3.01. The third kappa shape index (κ3) is 3.51. The van der Waals surface area contributed by atoms with E-state index in [0.717, 1.165) is 28.8 Å². The quantitative estimate of drug-likeness (QED) is 0.699. The molecule has 1 heterocycles. The third-order valence-corrected chi connectivity index (χ3v) is 5.32. The molecule has 0 saturated heterocycles. The van der Waals surface area contributed by atoms with Crippen LogP contribution in [0.1, 0.15) is 19.4 Å². The molecule has 5 heteroatoms. The van der Waals surface area contributed by atoms with Crippen molar-refractivity contribution in [2.45, 2.75) is 19.6 Å². The van der Waals surface area contributed by atoms with E-state index in [1.54, 1.807) is 6.33 Å². The lowest BCUT2D eigenvalue weighted by atomic mass is 10.1. The molecule has 0 saturated carbocycles. The predicted molar refractivity (Wildman–Crippen MR) is 100 cm³/mol. The first-order valence-electron chi connectivity index (χ1n) is 8.22. The van der Waals surface area contributed by atoms with E-state index in [1.807, 2.05) is 40.4 Å². The molecular formula is C19H24N3OS+. The Hall–Kier alpha value is -2.14. The van der Waals surface area contributed by atoms with Gasteiger partial charge in [0.1, 0.15) is 0 Å². The van der Waals surface area contributed by atoms with Gasteiger partial charge in [-0.3, -0.25) is 0 Å². The molecule has 1 unspecified atom stereocenters. The van der Waals surface area contributed by atoms with Crippen LogP contribution in [0, 0.1) is 5.92 Å². The number of nitrogens with zero attached hydrogens (tertiary/aromatic N) is 2. The maximum absolute atomic E-state index is 12.9. The van der Waals surface area contributed by atoms with Gasteiger partial charge in [0.25, 0.3) is 6.33 Å². The van der Waals surface area contributed by atoms with Gasteiger partial charge in [0, 0.05) is 19.3 Å². The summed E-state index contributed by atoms with van der Waals surface area (Å²) >= 11 is 0. The molecule has 0 fully saturated rings. The van der Waals surface area contributed by atoms with Gasteiger partial charge in [-0.1, -0.05) is 44.2 Å². The van der Waals surface area contributed by atoms with E-state index in [-0.39, 0.29) is 0 Å². The highest BCUT2D eigenvalue weighted by atomic mass is 32.2. The molecule has 3 aromatic rings. The van der Waals surface area contributed by atoms with Crippen LogP contribution in [0.4, 0.5) is 5.69 Å². The van der Waals surface area contributed by atoms with Gasteiger partial charge in [0.2, 0.25) is 11.0 Å². The van der Waals surface area contributed by atoms with E-state index >= 15 is 0 Å². The third-order valence-electron chi connectivity index (χ3n) is 4.02. The molecule has 0 aliphatic heterocycles. The summed E-state index contributed by atoms with van der Waals surface area (Å²) in [6, 6.07) is 16.1. The highest BCUT2D eigenvalue weighted by Gasteiger charge is 2.18. The second kappa shape index (κ2) is 7.18. The first kappa shape index (κ1) is 16.7. The lowest BCUT2D eigenvalue weighted by Gasteiger charge is -2.24. The molecule has 1 aromatic heterocycles. The minimum atomic E-state index is -1.16. The van der Waals surface area contributed by atoms with E-state index in [9.17, 15) is 4.21 Å². The SMILES string of the molecule is CC(C)CN(C)c1ccccc1CS(=O)[n+]1c[nH]c2ccccc21. The first-order valence-corrected chi connectivity index (χ1v) is 9.49. The zero-order chi connectivity index (χ0) is 17.1. The molecule has 126 valence electrons. The molecule has 4 nitrogen and oxygen atoms in total. The van der Waals surface area contributed by atoms with Crippen LogP contribution in [0.25, 0.3) is 11.0 Å². The Balaban J connectivity index is 1.87. The Morgan fingerprint density at radius 1 is 1.12 bits per heavy atom. The number of hydrogen-bond acceptors (Lipinski definition) is 2. The fraction of sp³-hybridized carbons (Fsp3) is 0.316. The maximum Gasteiger partial charge on any atom is 0.256 e. The molecular weight excluding hydrogens is 318 g/mol. The summed E-state index contributed by atoms with van der Waals surface area (Å²) in [5, 5.41) is 0. The summed E-state index contributed by atoms with van der Waals surface area (Å²) in [6.07, 6.45) is 1.79. The van der Waals surface area contributed by atoms with Gasteiger partial charge < -0.3 is 4.90 Å². The fourth-order valence-corrected chi connectivity index (χ4v) is 4.21. The summed E-state index contributed by atoms with van der Waals surface area (Å²) in [5.74, 6) is 1.07. The zero-order valence-electron chi connectivity index (χ0n) is 14.4. The molecule has 0 bridgehead atoms. The molecule has 2 aromatic carbocycles. The summed E-state index contributed by atoms with van der Waals surface area (Å²) in [6.45, 7) is 5.39. The number of aromatic amines is 1. The van der Waals surface area contributed by atoms with Gasteiger partial charge in [0.05, 0.1) is 5.75 Å². The average Bonchev–Trinajstić information content (AvgIpc) is 2.98. The molecule has 24 heavy (non-hydrogen) atoms. The van der Waals surface area contributed by atoms with Crippen LogP contribution in [-0.4, -0.2) is 22.8 Å². The normalized spacial score (nSPS) is 12.7. The monoisotopic (exact) mass is 342 g/mol. The van der Waals surface area contributed by atoms with E-state index in [4.69, 9.17) is 0 Å². The Labute approximate surface area is 145 Å². The van der Waals surface area contributed by atoms with Crippen molar-refractivity contribution in [3.05, 3.63) is 60.4 Å². The number of para-hydroxylation sites is 3. The van der Waals surface area contributed by atoms with Crippen molar-refractivity contribution in [3.63, 3.8) is 0 Å². The van der Waals surface area contributed by atoms with Crippen molar-refractivity contribution in [1.82, 2.24) is 4.98 Å². The van der Waals surface area contributed by atoms with Crippen molar-refractivity contribution >= 4 is 27.7 Å². The minimum Gasteiger partial charge on any atom is -0.374 e. The van der Waals surface area contributed by atoms with Crippen LogP contribution < -0.4 is 8.87 Å². The van der Waals surface area contributed by atoms with E-state index in [1.165, 1.54) is 0 Å². The molecule has 1 atom stereocenters. The molecule has 0 spiro atoms. The average molecular weight is 342 g/mol. The van der Waals surface area contributed by atoms with Gasteiger partial charge in [-0.05, 0) is 29.7 Å². The Morgan fingerprint density at radius 3 is 2.62 bits per heavy atom. The Morgan fingerprint density at radius 2 is 1.83 bits per heavy atom. The van der Waals surface area contributed by atoms with E-state index in [2.05, 4.69) is 42.9 Å². The number of anilines is 1. The summed E-state index contributed by atoms with van der Waals surface area (Å²) in [7, 11) is 0.939. The molecule has 0 radical (unpaired) electrons. The largest absolute Gasteiger partial charge is 0.374 e. The number of H-pyrrole nitrogens is 1. The standard InChI is InChI=1S/C19H23N3OS/c1-15(2)12-21(3)18-10-6-4-8-16(18)13-24(23)22-14-20-17-9-5-7-11-19(17)22/h4-11,14-15H,12-13H2,1-3H3/p+1. The number of hydrogen-bond donors (Lipinski definition) is 1. The van der Waals surface area contributed by atoms with Gasteiger partial charge in [-0.25, -0.2) is 9.19 Å². The topological polar surface area (TPSA) is 40.0 Å². The number of benzene rings is 2. The Bertz CT molecular complexity index is 856. The van der Waals surface area contributed by atoms with Gasteiger partial charge >= 0.3 is 0 Å². The van der Waals surface area contributed by atoms with Crippen molar-refractivity contribution < 1.29 is 8.18 Å². The molecule has 1 N–H and O–H groups in total. The van der Waals surface area contributed by atoms with Crippen LogP contribution >= 0.6 is 0 Å². The first-order chi connectivity index (χ1) is 11.6. The zero-order valence-corrected chi connectivity index (χ0v) is 15.2. The number of aromatic nitrogens is 2. The van der Waals surface area contributed by atoms with Crippen LogP contribution in [0.15, 0.2) is 54.9 Å². The van der Waals surface area contributed by atoms with Crippen LogP contribution in [0.3, 0.4) is 0 Å². The van der Waals surface area contributed by atoms with Gasteiger partial charge in [-0.15, -0.1) is 3.97 Å². The van der Waals surface area contributed by atoms with Crippen LogP contribution in [0.5, 0.6) is 0 Å². The van der Waals surface area contributed by atoms with Gasteiger partial charge in [-0.2, -0.15) is 0 Å². The number of imidazole rings is 1. The smallest absolute Gasteiger partial charge is 0.256 e. The van der Waals surface area contributed by atoms with Crippen molar-refractivity contribution in [1.29, 1.82) is 0 Å². The molecule has 3 rings (SSSR count). The lowest BCUT2D eigenvalue weighted by Crippen LogP contribution is -2.37. The Kier molecular flexibility index (Phi) is 5.00.